The lowest BCUT2D eigenvalue weighted by Gasteiger charge is -2.24. The number of aromatic nitrogens is 3. The normalized spacial score (nSPS) is 18.4. The molecule has 0 saturated heterocycles. The Hall–Kier alpha value is -2.99. The van der Waals surface area contributed by atoms with Crippen LogP contribution in [0.25, 0.3) is 22.5 Å². The highest BCUT2D eigenvalue weighted by Crippen LogP contribution is 2.43. The summed E-state index contributed by atoms with van der Waals surface area (Å²) in [6, 6.07) is 10.4. The van der Waals surface area contributed by atoms with E-state index in [-0.39, 0.29) is 17.0 Å². The Labute approximate surface area is 175 Å². The first-order valence-corrected chi connectivity index (χ1v) is 10.6. The second-order valence-corrected chi connectivity index (χ2v) is 9.59. The van der Waals surface area contributed by atoms with Crippen LogP contribution in [0.2, 0.25) is 0 Å². The lowest BCUT2D eigenvalue weighted by atomic mass is 9.88. The van der Waals surface area contributed by atoms with Crippen LogP contribution < -0.4 is 11.1 Å². The van der Waals surface area contributed by atoms with Crippen LogP contribution in [0.3, 0.4) is 0 Å². The van der Waals surface area contributed by atoms with Gasteiger partial charge in [0.25, 0.3) is 5.91 Å². The molecule has 30 heavy (non-hydrogen) atoms. The lowest BCUT2D eigenvalue weighted by molar-refractivity contribution is 0.0885. The van der Waals surface area contributed by atoms with E-state index in [1.54, 1.807) is 0 Å². The van der Waals surface area contributed by atoms with E-state index in [1.165, 1.54) is 5.56 Å². The third kappa shape index (κ3) is 2.63. The van der Waals surface area contributed by atoms with Gasteiger partial charge in [-0.2, -0.15) is 5.10 Å². The van der Waals surface area contributed by atoms with Gasteiger partial charge in [0.15, 0.2) is 0 Å². The standard InChI is InChI=1S/C24H25N5O/c1-23(2,25)16-6-3-14(4-7-16)19-11-18-15(12-26-19)5-8-17-20(18)28-29-13-24(9-10-24)27-22(30)21(17)29/h3-4,6-7,11-12H,5,8-10,13,25H2,1-2H3,(H,27,30). The molecule has 3 heterocycles. The molecule has 3 N–H and O–H groups in total. The maximum absolute atomic E-state index is 12.8. The summed E-state index contributed by atoms with van der Waals surface area (Å²) < 4.78 is 1.95. The van der Waals surface area contributed by atoms with Crippen molar-refractivity contribution in [3.63, 3.8) is 0 Å². The molecule has 0 bridgehead atoms. The number of carbonyl (C=O) groups is 1. The number of amides is 1. The van der Waals surface area contributed by atoms with Gasteiger partial charge in [-0.1, -0.05) is 24.3 Å². The SMILES string of the molecule is CC(C)(N)c1ccc(-c2cc3c(cn2)CCc2c-3nn3c2C(=O)NC2(CC2)C3)cc1. The van der Waals surface area contributed by atoms with E-state index in [0.717, 1.165) is 71.6 Å². The highest BCUT2D eigenvalue weighted by molar-refractivity contribution is 5.98. The minimum Gasteiger partial charge on any atom is -0.343 e. The fourth-order valence-electron chi connectivity index (χ4n) is 4.77. The summed E-state index contributed by atoms with van der Waals surface area (Å²) in [4.78, 5) is 17.5. The van der Waals surface area contributed by atoms with Gasteiger partial charge in [0.2, 0.25) is 0 Å². The average molecular weight is 399 g/mol. The van der Waals surface area contributed by atoms with Crippen LogP contribution in [-0.2, 0) is 24.9 Å². The molecule has 1 aliphatic heterocycles. The monoisotopic (exact) mass is 399 g/mol. The van der Waals surface area contributed by atoms with Gasteiger partial charge in [-0.25, -0.2) is 0 Å². The van der Waals surface area contributed by atoms with Crippen molar-refractivity contribution in [2.45, 2.75) is 57.2 Å². The maximum atomic E-state index is 12.8. The van der Waals surface area contributed by atoms with Gasteiger partial charge in [0, 0.05) is 28.4 Å². The quantitative estimate of drug-likeness (QED) is 0.693. The molecule has 1 aromatic carbocycles. The Balaban J connectivity index is 1.43. The van der Waals surface area contributed by atoms with E-state index in [1.807, 2.05) is 24.7 Å². The highest BCUT2D eigenvalue weighted by atomic mass is 16.2. The second kappa shape index (κ2) is 5.79. The largest absolute Gasteiger partial charge is 0.343 e. The van der Waals surface area contributed by atoms with Crippen molar-refractivity contribution in [1.82, 2.24) is 20.1 Å². The summed E-state index contributed by atoms with van der Waals surface area (Å²) in [6.07, 6.45) is 5.77. The van der Waals surface area contributed by atoms with Gasteiger partial charge < -0.3 is 11.1 Å². The number of carbonyl (C=O) groups excluding carboxylic acids is 1. The van der Waals surface area contributed by atoms with Crippen LogP contribution >= 0.6 is 0 Å². The second-order valence-electron chi connectivity index (χ2n) is 9.59. The van der Waals surface area contributed by atoms with E-state index in [9.17, 15) is 4.79 Å². The zero-order valence-corrected chi connectivity index (χ0v) is 17.3. The molecule has 3 aromatic rings. The fraction of sp³-hybridized carbons (Fsp3) is 0.375. The van der Waals surface area contributed by atoms with Crippen LogP contribution in [0.1, 0.15) is 53.9 Å². The van der Waals surface area contributed by atoms with Crippen LogP contribution in [0.4, 0.5) is 0 Å². The Kier molecular flexibility index (Phi) is 3.44. The lowest BCUT2D eigenvalue weighted by Crippen LogP contribution is -2.46. The first-order valence-electron chi connectivity index (χ1n) is 10.6. The first kappa shape index (κ1) is 17.8. The smallest absolute Gasteiger partial charge is 0.270 e. The minimum absolute atomic E-state index is 0.0326. The molecule has 6 nitrogen and oxygen atoms in total. The van der Waals surface area contributed by atoms with Crippen molar-refractivity contribution >= 4 is 5.91 Å². The third-order valence-electron chi connectivity index (χ3n) is 6.76. The number of hydrogen-bond donors (Lipinski definition) is 2. The zero-order chi connectivity index (χ0) is 20.7. The van der Waals surface area contributed by atoms with E-state index >= 15 is 0 Å². The van der Waals surface area contributed by atoms with Crippen molar-refractivity contribution in [3.8, 4) is 22.5 Å². The number of hydrogen-bond acceptors (Lipinski definition) is 4. The minimum atomic E-state index is -0.369. The number of nitrogens with one attached hydrogen (secondary N) is 1. The molecule has 0 unspecified atom stereocenters. The Morgan fingerprint density at radius 3 is 2.63 bits per heavy atom. The number of pyridine rings is 1. The molecule has 2 aromatic heterocycles. The van der Waals surface area contributed by atoms with E-state index in [2.05, 4.69) is 35.6 Å². The number of nitrogens with two attached hydrogens (primary N) is 1. The van der Waals surface area contributed by atoms with Crippen molar-refractivity contribution in [3.05, 3.63) is 58.9 Å². The van der Waals surface area contributed by atoms with Gasteiger partial charge in [-0.3, -0.25) is 14.5 Å². The number of rotatable bonds is 2. The van der Waals surface area contributed by atoms with E-state index < -0.39 is 0 Å². The zero-order valence-electron chi connectivity index (χ0n) is 17.3. The molecule has 152 valence electrons. The topological polar surface area (TPSA) is 85.8 Å². The molecule has 1 spiro atoms. The highest BCUT2D eigenvalue weighted by Gasteiger charge is 2.49. The van der Waals surface area contributed by atoms with Gasteiger partial charge in [0.05, 0.1) is 23.5 Å². The van der Waals surface area contributed by atoms with E-state index in [4.69, 9.17) is 15.8 Å². The Bertz CT molecular complexity index is 1200. The van der Waals surface area contributed by atoms with Crippen molar-refractivity contribution in [1.29, 1.82) is 0 Å². The fourth-order valence-corrected chi connectivity index (χ4v) is 4.77. The van der Waals surface area contributed by atoms with Crippen LogP contribution in [0, 0.1) is 0 Å². The molecule has 0 radical (unpaired) electrons. The number of aryl methyl sites for hydroxylation is 1. The van der Waals surface area contributed by atoms with Crippen LogP contribution in [-0.4, -0.2) is 26.2 Å². The number of fused-ring (bicyclic) bond motifs is 5. The van der Waals surface area contributed by atoms with Crippen molar-refractivity contribution < 1.29 is 4.79 Å². The Morgan fingerprint density at radius 2 is 1.93 bits per heavy atom. The third-order valence-corrected chi connectivity index (χ3v) is 6.76. The molecule has 3 aliphatic rings. The molecule has 0 atom stereocenters. The Morgan fingerprint density at radius 1 is 1.17 bits per heavy atom. The van der Waals surface area contributed by atoms with Gasteiger partial charge in [0.1, 0.15) is 5.69 Å². The van der Waals surface area contributed by atoms with Gasteiger partial charge in [-0.05, 0) is 56.7 Å². The summed E-state index contributed by atoms with van der Waals surface area (Å²) in [5, 5.41) is 8.13. The first-order chi connectivity index (χ1) is 14.3. The van der Waals surface area contributed by atoms with Gasteiger partial charge >= 0.3 is 0 Å². The van der Waals surface area contributed by atoms with Crippen LogP contribution in [0.5, 0.6) is 0 Å². The molecule has 6 rings (SSSR count). The molecule has 1 fully saturated rings. The summed E-state index contributed by atoms with van der Waals surface area (Å²) in [5.74, 6) is 0.0326. The summed E-state index contributed by atoms with van der Waals surface area (Å²) in [7, 11) is 0. The predicted molar refractivity (Wildman–Crippen MR) is 115 cm³/mol. The van der Waals surface area contributed by atoms with Crippen molar-refractivity contribution in [2.75, 3.05) is 0 Å². The molecule has 1 saturated carbocycles. The average Bonchev–Trinajstić information content (AvgIpc) is 3.33. The molecule has 1 amide bonds. The predicted octanol–water partition coefficient (Wildman–Crippen LogP) is 3.18. The molecule has 2 aliphatic carbocycles. The van der Waals surface area contributed by atoms with E-state index in [0.29, 0.717) is 0 Å². The number of benzene rings is 1. The maximum Gasteiger partial charge on any atom is 0.270 e. The molecule has 6 heteroatoms. The number of nitrogens with zero attached hydrogens (tertiary/aromatic N) is 3. The summed E-state index contributed by atoms with van der Waals surface area (Å²) in [5.41, 5.74) is 13.9. The van der Waals surface area contributed by atoms with Crippen LogP contribution in [0.15, 0.2) is 36.5 Å². The van der Waals surface area contributed by atoms with Crippen molar-refractivity contribution in [2.24, 2.45) is 5.73 Å². The molecular weight excluding hydrogens is 374 g/mol. The summed E-state index contributed by atoms with van der Waals surface area (Å²) >= 11 is 0. The summed E-state index contributed by atoms with van der Waals surface area (Å²) in [6.45, 7) is 4.79. The van der Waals surface area contributed by atoms with Gasteiger partial charge in [-0.15, -0.1) is 0 Å². The molecular formula is C24H25N5O.